The Morgan fingerprint density at radius 1 is 0.531 bits per heavy atom. The third-order valence-electron chi connectivity index (χ3n) is 9.68. The maximum absolute atomic E-state index is 2.63. The molecule has 0 amide bonds. The summed E-state index contributed by atoms with van der Waals surface area (Å²) in [5.74, 6) is 3.16. The van der Waals surface area contributed by atoms with Crippen LogP contribution in [0.25, 0.3) is 27.5 Å². The van der Waals surface area contributed by atoms with Crippen LogP contribution in [0.5, 0.6) is 0 Å². The second kappa shape index (κ2) is 6.28. The van der Waals surface area contributed by atoms with Crippen LogP contribution >= 0.6 is 0 Å². The molecule has 0 radical (unpaired) electrons. The van der Waals surface area contributed by atoms with Crippen LogP contribution in [0, 0.1) is 6.92 Å². The Hall–Kier alpha value is -2.54. The number of rotatable bonds is 1. The zero-order valence-electron chi connectivity index (χ0n) is 19.0. The van der Waals surface area contributed by atoms with Gasteiger partial charge in [0.1, 0.15) is 0 Å². The lowest BCUT2D eigenvalue weighted by Crippen LogP contribution is -2.21. The molecule has 10 rings (SSSR count). The van der Waals surface area contributed by atoms with Crippen LogP contribution in [0.4, 0.5) is 0 Å². The highest BCUT2D eigenvalue weighted by Crippen LogP contribution is 2.53. The Morgan fingerprint density at radius 3 is 1.31 bits per heavy atom. The summed E-state index contributed by atoms with van der Waals surface area (Å²) in [5.41, 5.74) is 12.2. The number of hydrogen-bond donors (Lipinski definition) is 0. The van der Waals surface area contributed by atoms with Crippen molar-refractivity contribution in [3.63, 3.8) is 0 Å². The van der Waals surface area contributed by atoms with E-state index < -0.39 is 0 Å². The minimum absolute atomic E-state index is 0.785. The molecule has 6 aliphatic rings. The number of aromatic nitrogens is 1. The minimum atomic E-state index is 0.785. The molecule has 0 saturated heterocycles. The van der Waals surface area contributed by atoms with E-state index in [0.29, 0.717) is 0 Å². The van der Waals surface area contributed by atoms with Gasteiger partial charge in [-0.2, -0.15) is 0 Å². The third kappa shape index (κ3) is 2.30. The first-order valence-electron chi connectivity index (χ1n) is 13.0. The van der Waals surface area contributed by atoms with Crippen molar-refractivity contribution in [3.8, 4) is 5.69 Å². The van der Waals surface area contributed by atoms with Crippen molar-refractivity contribution >= 4 is 21.8 Å². The molecule has 0 spiro atoms. The van der Waals surface area contributed by atoms with Crippen molar-refractivity contribution < 1.29 is 0 Å². The van der Waals surface area contributed by atoms with Gasteiger partial charge in [0.2, 0.25) is 0 Å². The molecule has 1 heteroatoms. The zero-order chi connectivity index (χ0) is 21.0. The molecule has 2 fully saturated rings. The molecule has 1 aromatic heterocycles. The van der Waals surface area contributed by atoms with Gasteiger partial charge in [-0.25, -0.2) is 0 Å². The molecule has 1 heterocycles. The fourth-order valence-electron chi connectivity index (χ4n) is 7.99. The number of aryl methyl sites for hydroxylation is 1. The molecule has 4 aromatic rings. The van der Waals surface area contributed by atoms with Gasteiger partial charge in [-0.05, 0) is 141 Å². The van der Waals surface area contributed by atoms with E-state index in [9.17, 15) is 0 Å². The lowest BCUT2D eigenvalue weighted by molar-refractivity contribution is 0.359. The van der Waals surface area contributed by atoms with Crippen LogP contribution in [0.3, 0.4) is 0 Å². The molecule has 2 saturated carbocycles. The summed E-state index contributed by atoms with van der Waals surface area (Å²) in [6, 6.07) is 19.7. The number of hydrogen-bond acceptors (Lipinski definition) is 0. The lowest BCUT2D eigenvalue weighted by atomic mass is 9.66. The molecular formula is C31H31N. The fourth-order valence-corrected chi connectivity index (χ4v) is 7.99. The van der Waals surface area contributed by atoms with Gasteiger partial charge in [0.25, 0.3) is 0 Å². The van der Waals surface area contributed by atoms with Crippen molar-refractivity contribution in [1.29, 1.82) is 0 Å². The van der Waals surface area contributed by atoms with Crippen molar-refractivity contribution in [2.24, 2.45) is 0 Å². The first-order valence-corrected chi connectivity index (χ1v) is 13.0. The highest BCUT2D eigenvalue weighted by atomic mass is 15.0. The van der Waals surface area contributed by atoms with Crippen molar-refractivity contribution in [2.45, 2.75) is 82.0 Å². The summed E-state index contributed by atoms with van der Waals surface area (Å²) in [5, 5.41) is 2.99. The lowest BCUT2D eigenvalue weighted by Gasteiger charge is -2.38. The van der Waals surface area contributed by atoms with Gasteiger partial charge in [0.15, 0.2) is 0 Å². The average molecular weight is 418 g/mol. The molecular weight excluding hydrogens is 386 g/mol. The topological polar surface area (TPSA) is 4.93 Å². The molecule has 0 N–H and O–H groups in total. The van der Waals surface area contributed by atoms with E-state index in [0.717, 1.165) is 23.7 Å². The Labute approximate surface area is 190 Å². The maximum Gasteiger partial charge on any atom is 0.0544 e. The summed E-state index contributed by atoms with van der Waals surface area (Å²) >= 11 is 0. The third-order valence-corrected chi connectivity index (χ3v) is 9.68. The Bertz CT molecular complexity index is 1300. The van der Waals surface area contributed by atoms with Crippen LogP contribution < -0.4 is 0 Å². The SMILES string of the molecule is Cc1ccc(-n2c3cc4c(cc3c3cc5c(cc32)C2CCC5CC2)C2CCC4CC2)cc1. The molecule has 160 valence electrons. The highest BCUT2D eigenvalue weighted by molar-refractivity contribution is 6.10. The van der Waals surface area contributed by atoms with Crippen LogP contribution in [0.2, 0.25) is 0 Å². The summed E-state index contributed by atoms with van der Waals surface area (Å²) in [6.07, 6.45) is 11.2. The minimum Gasteiger partial charge on any atom is -0.309 e. The van der Waals surface area contributed by atoms with E-state index in [1.165, 1.54) is 84.4 Å². The largest absolute Gasteiger partial charge is 0.309 e. The van der Waals surface area contributed by atoms with Gasteiger partial charge < -0.3 is 4.57 Å². The van der Waals surface area contributed by atoms with Crippen LogP contribution in [-0.2, 0) is 0 Å². The molecule has 0 atom stereocenters. The molecule has 3 aromatic carbocycles. The maximum atomic E-state index is 2.63. The van der Waals surface area contributed by atoms with E-state index in [2.05, 4.69) is 60.0 Å². The number of fused-ring (bicyclic) bond motifs is 7. The Balaban J connectivity index is 1.49. The van der Waals surface area contributed by atoms with Crippen LogP contribution in [0.15, 0.2) is 48.5 Å². The van der Waals surface area contributed by atoms with Crippen LogP contribution in [-0.4, -0.2) is 4.57 Å². The van der Waals surface area contributed by atoms with Gasteiger partial charge in [-0.3, -0.25) is 0 Å². The van der Waals surface area contributed by atoms with Crippen molar-refractivity contribution in [1.82, 2.24) is 4.57 Å². The second-order valence-electron chi connectivity index (χ2n) is 11.3. The Kier molecular flexibility index (Phi) is 3.52. The summed E-state index contributed by atoms with van der Waals surface area (Å²) in [4.78, 5) is 0. The number of nitrogens with zero attached hydrogens (tertiary/aromatic N) is 1. The van der Waals surface area contributed by atoms with Crippen LogP contribution in [0.1, 0.15) is 103 Å². The summed E-state index contributed by atoms with van der Waals surface area (Å²) in [7, 11) is 0. The first kappa shape index (κ1) is 18.0. The first-order chi connectivity index (χ1) is 15.7. The molecule has 0 unspecified atom stereocenters. The zero-order valence-corrected chi connectivity index (χ0v) is 19.0. The molecule has 4 bridgehead atoms. The van der Waals surface area contributed by atoms with Crippen molar-refractivity contribution in [3.05, 3.63) is 76.3 Å². The summed E-state index contributed by atoms with van der Waals surface area (Å²) < 4.78 is 2.59. The standard InChI is InChI=1S/C31H31N/c1-18-2-12-23(13-3-18)32-30-16-26-21-8-4-19(5-9-21)24(26)14-28(30)29-15-25-20-6-10-22(11-7-20)27(25)17-31(29)32/h2-3,12-17,19-22H,4-11H2,1H3. The average Bonchev–Trinajstić information content (AvgIpc) is 3.16. The van der Waals surface area contributed by atoms with E-state index in [1.807, 2.05) is 0 Å². The van der Waals surface area contributed by atoms with E-state index in [-0.39, 0.29) is 0 Å². The second-order valence-corrected chi connectivity index (χ2v) is 11.3. The smallest absolute Gasteiger partial charge is 0.0544 e. The quantitative estimate of drug-likeness (QED) is 0.292. The molecule has 32 heavy (non-hydrogen) atoms. The van der Waals surface area contributed by atoms with Gasteiger partial charge in [-0.1, -0.05) is 17.7 Å². The van der Waals surface area contributed by atoms with Gasteiger partial charge >= 0.3 is 0 Å². The predicted octanol–water partition coefficient (Wildman–Crippen LogP) is 8.60. The normalized spacial score (nSPS) is 27.8. The predicted molar refractivity (Wildman–Crippen MR) is 133 cm³/mol. The molecule has 1 nitrogen and oxygen atoms in total. The van der Waals surface area contributed by atoms with E-state index in [1.54, 1.807) is 22.3 Å². The van der Waals surface area contributed by atoms with E-state index >= 15 is 0 Å². The monoisotopic (exact) mass is 417 g/mol. The van der Waals surface area contributed by atoms with Gasteiger partial charge in [0, 0.05) is 16.5 Å². The van der Waals surface area contributed by atoms with Gasteiger partial charge in [0.05, 0.1) is 11.0 Å². The Morgan fingerprint density at radius 2 is 0.906 bits per heavy atom. The fraction of sp³-hybridized carbons (Fsp3) is 0.419. The highest BCUT2D eigenvalue weighted by Gasteiger charge is 2.36. The molecule has 6 aliphatic carbocycles. The number of benzene rings is 3. The van der Waals surface area contributed by atoms with E-state index in [4.69, 9.17) is 0 Å². The van der Waals surface area contributed by atoms with Gasteiger partial charge in [-0.15, -0.1) is 0 Å². The summed E-state index contributed by atoms with van der Waals surface area (Å²) in [6.45, 7) is 2.19. The molecule has 0 aliphatic heterocycles. The van der Waals surface area contributed by atoms with Crippen molar-refractivity contribution in [2.75, 3.05) is 0 Å².